The number of hydrogen-bond donors (Lipinski definition) is 1. The summed E-state index contributed by atoms with van der Waals surface area (Å²) in [5.41, 5.74) is 5.36. The Morgan fingerprint density at radius 2 is 1.90 bits per heavy atom. The Bertz CT molecular complexity index is 1160. The van der Waals surface area contributed by atoms with E-state index in [1.807, 2.05) is 42.1 Å². The van der Waals surface area contributed by atoms with E-state index in [0.29, 0.717) is 12.2 Å². The second-order valence-electron chi connectivity index (χ2n) is 7.69. The summed E-state index contributed by atoms with van der Waals surface area (Å²) in [6.45, 7) is 1.29. The van der Waals surface area contributed by atoms with Crippen molar-refractivity contribution in [2.45, 2.75) is 13.1 Å². The highest BCUT2D eigenvalue weighted by Crippen LogP contribution is 2.26. The van der Waals surface area contributed by atoms with E-state index in [9.17, 15) is 4.79 Å². The van der Waals surface area contributed by atoms with Crippen LogP contribution in [0.2, 0.25) is 0 Å². The van der Waals surface area contributed by atoms with Gasteiger partial charge in [0.25, 0.3) is 5.91 Å². The minimum absolute atomic E-state index is 0.193. The van der Waals surface area contributed by atoms with Gasteiger partial charge in [-0.1, -0.05) is 30.3 Å². The van der Waals surface area contributed by atoms with Crippen LogP contribution >= 0.6 is 0 Å². The van der Waals surface area contributed by atoms with Crippen LogP contribution < -0.4 is 5.32 Å². The molecule has 0 aliphatic carbocycles. The summed E-state index contributed by atoms with van der Waals surface area (Å²) in [5, 5.41) is 3.81. The Morgan fingerprint density at radius 1 is 1.10 bits per heavy atom. The molecule has 4 rings (SSSR count). The van der Waals surface area contributed by atoms with Crippen molar-refractivity contribution in [2.24, 2.45) is 7.05 Å². The average molecular weight is 399 g/mol. The van der Waals surface area contributed by atoms with Gasteiger partial charge in [0.05, 0.1) is 11.2 Å². The van der Waals surface area contributed by atoms with Crippen LogP contribution in [0.1, 0.15) is 21.6 Å². The molecule has 0 saturated heterocycles. The number of amides is 1. The quantitative estimate of drug-likeness (QED) is 0.538. The minimum atomic E-state index is -0.193. The van der Waals surface area contributed by atoms with Gasteiger partial charge in [0.1, 0.15) is 5.69 Å². The molecule has 6 nitrogen and oxygen atoms in total. The molecule has 0 aliphatic rings. The number of carbonyl (C=O) groups is 1. The molecule has 4 aromatic rings. The van der Waals surface area contributed by atoms with Crippen molar-refractivity contribution in [3.05, 3.63) is 83.9 Å². The monoisotopic (exact) mass is 399 g/mol. The zero-order valence-corrected chi connectivity index (χ0v) is 17.5. The van der Waals surface area contributed by atoms with Crippen LogP contribution in [0.25, 0.3) is 22.2 Å². The van der Waals surface area contributed by atoms with Gasteiger partial charge in [0, 0.05) is 49.7 Å². The normalized spacial score (nSPS) is 11.2. The third-order valence-electron chi connectivity index (χ3n) is 5.02. The summed E-state index contributed by atoms with van der Waals surface area (Å²) >= 11 is 0. The molecular weight excluding hydrogens is 374 g/mol. The lowest BCUT2D eigenvalue weighted by atomic mass is 10.1. The lowest BCUT2D eigenvalue weighted by Crippen LogP contribution is -2.24. The molecule has 0 saturated carbocycles. The molecule has 1 amide bonds. The van der Waals surface area contributed by atoms with Crippen LogP contribution in [-0.4, -0.2) is 39.4 Å². The summed E-state index contributed by atoms with van der Waals surface area (Å²) in [7, 11) is 6.08. The first-order chi connectivity index (χ1) is 14.5. The first kappa shape index (κ1) is 19.8. The zero-order valence-electron chi connectivity index (χ0n) is 17.5. The number of nitrogens with one attached hydrogen (secondary N) is 1. The summed E-state index contributed by atoms with van der Waals surface area (Å²) in [6.07, 6.45) is 5.42. The van der Waals surface area contributed by atoms with Crippen LogP contribution in [0.15, 0.2) is 67.1 Å². The second kappa shape index (κ2) is 8.47. The summed E-state index contributed by atoms with van der Waals surface area (Å²) in [5.74, 6) is -0.193. The summed E-state index contributed by atoms with van der Waals surface area (Å²) in [6, 6.07) is 16.1. The molecule has 0 unspecified atom stereocenters. The average Bonchev–Trinajstić information content (AvgIpc) is 3.13. The van der Waals surface area contributed by atoms with E-state index in [4.69, 9.17) is 4.98 Å². The van der Waals surface area contributed by atoms with Crippen molar-refractivity contribution in [1.82, 2.24) is 24.8 Å². The molecule has 0 spiro atoms. The van der Waals surface area contributed by atoms with E-state index in [0.717, 1.165) is 34.3 Å². The minimum Gasteiger partial charge on any atom is -0.350 e. The number of aryl methyl sites for hydroxylation is 1. The van der Waals surface area contributed by atoms with Crippen molar-refractivity contribution in [3.63, 3.8) is 0 Å². The summed E-state index contributed by atoms with van der Waals surface area (Å²) < 4.78 is 2.01. The molecule has 0 bridgehead atoms. The third kappa shape index (κ3) is 4.23. The highest BCUT2D eigenvalue weighted by molar-refractivity contribution is 6.05. The van der Waals surface area contributed by atoms with Gasteiger partial charge in [-0.3, -0.25) is 9.78 Å². The van der Waals surface area contributed by atoms with Gasteiger partial charge in [0.15, 0.2) is 0 Å². The van der Waals surface area contributed by atoms with E-state index in [-0.39, 0.29) is 5.91 Å². The Hall–Kier alpha value is -3.51. The van der Waals surface area contributed by atoms with Crippen LogP contribution in [-0.2, 0) is 20.1 Å². The number of nitrogens with zero attached hydrogens (tertiary/aromatic N) is 4. The maximum atomic E-state index is 13.0. The molecule has 30 heavy (non-hydrogen) atoms. The fourth-order valence-corrected chi connectivity index (χ4v) is 3.50. The number of hydrogen-bond acceptors (Lipinski definition) is 4. The predicted octanol–water partition coefficient (Wildman–Crippen LogP) is 3.63. The molecule has 0 atom stereocenters. The molecule has 3 heterocycles. The predicted molar refractivity (Wildman–Crippen MR) is 119 cm³/mol. The number of aromatic nitrogens is 3. The van der Waals surface area contributed by atoms with Crippen LogP contribution in [0.3, 0.4) is 0 Å². The molecule has 0 fully saturated rings. The fourth-order valence-electron chi connectivity index (χ4n) is 3.50. The first-order valence-electron chi connectivity index (χ1n) is 9.88. The molecule has 1 N–H and O–H groups in total. The van der Waals surface area contributed by atoms with Crippen molar-refractivity contribution in [2.75, 3.05) is 14.1 Å². The van der Waals surface area contributed by atoms with E-state index in [1.54, 1.807) is 12.4 Å². The van der Waals surface area contributed by atoms with E-state index in [1.165, 1.54) is 5.56 Å². The smallest absolute Gasteiger partial charge is 0.270 e. The molecule has 0 aliphatic heterocycles. The molecular formula is C24H25N5O. The van der Waals surface area contributed by atoms with Gasteiger partial charge >= 0.3 is 0 Å². The van der Waals surface area contributed by atoms with Crippen molar-refractivity contribution in [1.29, 1.82) is 0 Å². The number of carbonyl (C=O) groups excluding carboxylic acids is 1. The Kier molecular flexibility index (Phi) is 5.59. The van der Waals surface area contributed by atoms with Crippen LogP contribution in [0.4, 0.5) is 0 Å². The highest BCUT2D eigenvalue weighted by atomic mass is 16.1. The fraction of sp³-hybridized carbons (Fsp3) is 0.208. The second-order valence-corrected chi connectivity index (χ2v) is 7.69. The lowest BCUT2D eigenvalue weighted by Gasteiger charge is -2.11. The van der Waals surface area contributed by atoms with Gasteiger partial charge < -0.3 is 14.8 Å². The topological polar surface area (TPSA) is 63.1 Å². The molecule has 3 aromatic heterocycles. The third-order valence-corrected chi connectivity index (χ3v) is 5.02. The number of benzene rings is 1. The van der Waals surface area contributed by atoms with E-state index < -0.39 is 0 Å². The standard InChI is InChI=1S/C24H25N5O/c1-28(2)16-17-6-8-19(9-7-17)21-13-22-20(10-12-29(22)3)23(27-21)24(30)26-15-18-5-4-11-25-14-18/h4-14H,15-16H2,1-3H3,(H,26,30). The number of fused-ring (bicyclic) bond motifs is 1. The lowest BCUT2D eigenvalue weighted by molar-refractivity contribution is 0.0948. The van der Waals surface area contributed by atoms with Crippen LogP contribution in [0, 0.1) is 0 Å². The highest BCUT2D eigenvalue weighted by Gasteiger charge is 2.16. The van der Waals surface area contributed by atoms with Gasteiger partial charge in [0.2, 0.25) is 0 Å². The Morgan fingerprint density at radius 3 is 2.60 bits per heavy atom. The van der Waals surface area contributed by atoms with Gasteiger partial charge in [-0.05, 0) is 43.4 Å². The molecule has 152 valence electrons. The van der Waals surface area contributed by atoms with Crippen LogP contribution in [0.5, 0.6) is 0 Å². The van der Waals surface area contributed by atoms with Gasteiger partial charge in [-0.25, -0.2) is 4.98 Å². The van der Waals surface area contributed by atoms with E-state index >= 15 is 0 Å². The molecule has 6 heteroatoms. The van der Waals surface area contributed by atoms with Crippen molar-refractivity contribution in [3.8, 4) is 11.3 Å². The maximum absolute atomic E-state index is 13.0. The van der Waals surface area contributed by atoms with Gasteiger partial charge in [-0.15, -0.1) is 0 Å². The molecule has 1 aromatic carbocycles. The summed E-state index contributed by atoms with van der Waals surface area (Å²) in [4.78, 5) is 24.0. The van der Waals surface area contributed by atoms with Crippen molar-refractivity contribution >= 4 is 16.8 Å². The number of rotatable bonds is 6. The zero-order chi connectivity index (χ0) is 21.1. The Balaban J connectivity index is 1.67. The largest absolute Gasteiger partial charge is 0.350 e. The Labute approximate surface area is 176 Å². The first-order valence-corrected chi connectivity index (χ1v) is 9.88. The number of pyridine rings is 2. The molecule has 0 radical (unpaired) electrons. The maximum Gasteiger partial charge on any atom is 0.270 e. The SMILES string of the molecule is CN(C)Cc1ccc(-c2cc3c(ccn3C)c(C(=O)NCc3cccnc3)n2)cc1. The van der Waals surface area contributed by atoms with Gasteiger partial charge in [-0.2, -0.15) is 0 Å². The van der Waals surface area contributed by atoms with Crippen molar-refractivity contribution < 1.29 is 4.79 Å². The van der Waals surface area contributed by atoms with E-state index in [2.05, 4.69) is 53.6 Å².